The van der Waals surface area contributed by atoms with Crippen LogP contribution in [0.25, 0.3) is 10.9 Å². The normalized spacial score (nSPS) is 11.5. The summed E-state index contributed by atoms with van der Waals surface area (Å²) in [5.41, 5.74) is 2.38. The number of aromatic amines is 1. The highest BCUT2D eigenvalue weighted by Gasteiger charge is 2.20. The molecule has 6 nitrogen and oxygen atoms in total. The lowest BCUT2D eigenvalue weighted by Gasteiger charge is -2.08. The summed E-state index contributed by atoms with van der Waals surface area (Å²) in [6, 6.07) is 5.55. The van der Waals surface area contributed by atoms with Crippen molar-refractivity contribution >= 4 is 38.0 Å². The standard InChI is InChI=1S/C14H12N4O2S2/c1-8-3-4-11(13-12(8)10(5-15)7-16-13)18-22(19,20)14-17-6-9(2)21-14/h3-4,6-7,16,18H,1-2H3. The van der Waals surface area contributed by atoms with Gasteiger partial charge in [0.05, 0.1) is 16.8 Å². The third-order valence-electron chi connectivity index (χ3n) is 3.24. The van der Waals surface area contributed by atoms with Crippen molar-refractivity contribution in [2.24, 2.45) is 0 Å². The number of anilines is 1. The molecular formula is C14H12N4O2S2. The highest BCUT2D eigenvalue weighted by Crippen LogP contribution is 2.30. The van der Waals surface area contributed by atoms with Gasteiger partial charge in [-0.3, -0.25) is 4.72 Å². The Labute approximate surface area is 131 Å². The van der Waals surface area contributed by atoms with Gasteiger partial charge in [0.25, 0.3) is 10.0 Å². The molecule has 0 radical (unpaired) electrons. The Kier molecular flexibility index (Phi) is 3.39. The van der Waals surface area contributed by atoms with E-state index >= 15 is 0 Å². The van der Waals surface area contributed by atoms with Gasteiger partial charge in [-0.15, -0.1) is 11.3 Å². The van der Waals surface area contributed by atoms with Crippen molar-refractivity contribution in [1.82, 2.24) is 9.97 Å². The summed E-state index contributed by atoms with van der Waals surface area (Å²) in [6.45, 7) is 3.67. The minimum Gasteiger partial charge on any atom is -0.358 e. The van der Waals surface area contributed by atoms with Crippen LogP contribution in [-0.2, 0) is 10.0 Å². The molecule has 0 saturated heterocycles. The lowest BCUT2D eigenvalue weighted by atomic mass is 10.1. The van der Waals surface area contributed by atoms with E-state index in [1.807, 2.05) is 6.92 Å². The minimum atomic E-state index is -3.74. The van der Waals surface area contributed by atoms with Gasteiger partial charge in [-0.1, -0.05) is 6.07 Å². The molecule has 0 aliphatic rings. The number of benzene rings is 1. The third-order valence-corrected chi connectivity index (χ3v) is 5.91. The average Bonchev–Trinajstić information content (AvgIpc) is 3.08. The Morgan fingerprint density at radius 2 is 2.14 bits per heavy atom. The van der Waals surface area contributed by atoms with Crippen LogP contribution in [0, 0.1) is 25.2 Å². The Morgan fingerprint density at radius 3 is 2.77 bits per heavy atom. The van der Waals surface area contributed by atoms with Crippen molar-refractivity contribution in [2.75, 3.05) is 4.72 Å². The Balaban J connectivity index is 2.11. The fourth-order valence-electron chi connectivity index (χ4n) is 2.24. The summed E-state index contributed by atoms with van der Waals surface area (Å²) >= 11 is 1.11. The third kappa shape index (κ3) is 2.34. The molecule has 0 atom stereocenters. The summed E-state index contributed by atoms with van der Waals surface area (Å²) < 4.78 is 27.3. The first kappa shape index (κ1) is 14.6. The molecule has 0 bridgehead atoms. The van der Waals surface area contributed by atoms with Crippen LogP contribution < -0.4 is 4.72 Å². The van der Waals surface area contributed by atoms with Crippen LogP contribution in [0.1, 0.15) is 16.0 Å². The molecule has 0 aliphatic heterocycles. The maximum absolute atomic E-state index is 12.4. The van der Waals surface area contributed by atoms with Crippen molar-refractivity contribution in [2.45, 2.75) is 18.2 Å². The molecule has 2 N–H and O–H groups in total. The Morgan fingerprint density at radius 1 is 1.36 bits per heavy atom. The van der Waals surface area contributed by atoms with Crippen molar-refractivity contribution < 1.29 is 8.42 Å². The second-order valence-corrected chi connectivity index (χ2v) is 7.93. The number of thiazole rings is 1. The smallest absolute Gasteiger partial charge is 0.289 e. The second-order valence-electron chi connectivity index (χ2n) is 4.84. The van der Waals surface area contributed by atoms with Gasteiger partial charge < -0.3 is 4.98 Å². The molecule has 22 heavy (non-hydrogen) atoms. The van der Waals surface area contributed by atoms with Crippen molar-refractivity contribution in [3.8, 4) is 6.07 Å². The van der Waals surface area contributed by atoms with E-state index in [4.69, 9.17) is 5.26 Å². The number of hydrogen-bond donors (Lipinski definition) is 2. The number of nitrogens with zero attached hydrogens (tertiary/aromatic N) is 2. The summed E-state index contributed by atoms with van der Waals surface area (Å²) in [6.07, 6.45) is 3.09. The van der Waals surface area contributed by atoms with E-state index in [2.05, 4.69) is 20.8 Å². The Hall–Kier alpha value is -2.37. The number of fused-ring (bicyclic) bond motifs is 1. The summed E-state index contributed by atoms with van der Waals surface area (Å²) in [5.74, 6) is 0. The molecule has 0 saturated carbocycles. The van der Waals surface area contributed by atoms with E-state index in [1.165, 1.54) is 6.20 Å². The molecule has 0 fully saturated rings. The zero-order valence-electron chi connectivity index (χ0n) is 11.8. The van der Waals surface area contributed by atoms with E-state index in [0.29, 0.717) is 16.8 Å². The van der Waals surface area contributed by atoms with E-state index < -0.39 is 10.0 Å². The van der Waals surface area contributed by atoms with E-state index in [0.717, 1.165) is 27.2 Å². The number of nitriles is 1. The first-order valence-electron chi connectivity index (χ1n) is 6.38. The van der Waals surface area contributed by atoms with Gasteiger partial charge in [-0.2, -0.15) is 13.7 Å². The minimum absolute atomic E-state index is 0.0192. The summed E-state index contributed by atoms with van der Waals surface area (Å²) in [4.78, 5) is 7.69. The van der Waals surface area contributed by atoms with Gasteiger partial charge >= 0.3 is 0 Å². The van der Waals surface area contributed by atoms with Crippen LogP contribution >= 0.6 is 11.3 Å². The fraction of sp³-hybridized carbons (Fsp3) is 0.143. The maximum Gasteiger partial charge on any atom is 0.289 e. The first-order valence-corrected chi connectivity index (χ1v) is 8.68. The molecule has 2 heterocycles. The SMILES string of the molecule is Cc1cnc(S(=O)(=O)Nc2ccc(C)c3c(C#N)c[nH]c23)s1. The zero-order chi connectivity index (χ0) is 15.9. The van der Waals surface area contributed by atoms with Gasteiger partial charge in [-0.25, -0.2) is 4.98 Å². The molecule has 0 amide bonds. The number of rotatable bonds is 3. The highest BCUT2D eigenvalue weighted by atomic mass is 32.2. The molecule has 0 spiro atoms. The van der Waals surface area contributed by atoms with Gasteiger partial charge in [0, 0.05) is 22.7 Å². The largest absolute Gasteiger partial charge is 0.358 e. The molecule has 8 heteroatoms. The number of sulfonamides is 1. The molecule has 3 aromatic rings. The fourth-order valence-corrected chi connectivity index (χ4v) is 4.42. The van der Waals surface area contributed by atoms with E-state index in [1.54, 1.807) is 25.3 Å². The lowest BCUT2D eigenvalue weighted by molar-refractivity contribution is 0.600. The van der Waals surface area contributed by atoms with Gasteiger partial charge in [0.2, 0.25) is 4.34 Å². The molecule has 0 unspecified atom stereocenters. The van der Waals surface area contributed by atoms with Crippen LogP contribution in [0.5, 0.6) is 0 Å². The number of nitrogens with one attached hydrogen (secondary N) is 2. The monoisotopic (exact) mass is 332 g/mol. The van der Waals surface area contributed by atoms with Crippen molar-refractivity contribution in [3.05, 3.63) is 40.5 Å². The Bertz CT molecular complexity index is 1010. The summed E-state index contributed by atoms with van der Waals surface area (Å²) in [7, 11) is -3.74. The topological polar surface area (TPSA) is 98.6 Å². The molecule has 3 rings (SSSR count). The van der Waals surface area contributed by atoms with Gasteiger partial charge in [0.15, 0.2) is 0 Å². The zero-order valence-corrected chi connectivity index (χ0v) is 13.5. The number of aromatic nitrogens is 2. The second kappa shape index (κ2) is 5.12. The number of aryl methyl sites for hydroxylation is 2. The quantitative estimate of drug-likeness (QED) is 0.770. The van der Waals surface area contributed by atoms with Crippen LogP contribution in [0.15, 0.2) is 28.9 Å². The number of H-pyrrole nitrogens is 1. The molecule has 0 aliphatic carbocycles. The molecule has 1 aromatic carbocycles. The van der Waals surface area contributed by atoms with Crippen LogP contribution in [0.3, 0.4) is 0 Å². The first-order chi connectivity index (χ1) is 10.4. The van der Waals surface area contributed by atoms with Crippen molar-refractivity contribution in [1.29, 1.82) is 5.26 Å². The number of hydrogen-bond acceptors (Lipinski definition) is 5. The molecule has 2 aromatic heterocycles. The summed E-state index contributed by atoms with van der Waals surface area (Å²) in [5, 5.41) is 9.86. The average molecular weight is 332 g/mol. The van der Waals surface area contributed by atoms with Crippen LogP contribution in [0.2, 0.25) is 0 Å². The predicted octanol–water partition coefficient (Wildman–Crippen LogP) is 2.91. The van der Waals surface area contributed by atoms with E-state index in [-0.39, 0.29) is 4.34 Å². The highest BCUT2D eigenvalue weighted by molar-refractivity contribution is 7.94. The van der Waals surface area contributed by atoms with Crippen LogP contribution in [-0.4, -0.2) is 18.4 Å². The predicted molar refractivity (Wildman–Crippen MR) is 85.4 cm³/mol. The lowest BCUT2D eigenvalue weighted by Crippen LogP contribution is -2.13. The van der Waals surface area contributed by atoms with E-state index in [9.17, 15) is 8.42 Å². The van der Waals surface area contributed by atoms with Gasteiger partial charge in [-0.05, 0) is 25.5 Å². The molecule has 112 valence electrons. The van der Waals surface area contributed by atoms with Crippen molar-refractivity contribution in [3.63, 3.8) is 0 Å². The van der Waals surface area contributed by atoms with Gasteiger partial charge in [0.1, 0.15) is 6.07 Å². The maximum atomic E-state index is 12.4. The van der Waals surface area contributed by atoms with Crippen LogP contribution in [0.4, 0.5) is 5.69 Å². The molecular weight excluding hydrogens is 320 g/mol.